The van der Waals surface area contributed by atoms with Gasteiger partial charge in [-0.15, -0.1) is 0 Å². The Labute approximate surface area is 163 Å². The van der Waals surface area contributed by atoms with Crippen LogP contribution in [0.5, 0.6) is 5.75 Å². The lowest BCUT2D eigenvalue weighted by Crippen LogP contribution is -2.47. The van der Waals surface area contributed by atoms with Gasteiger partial charge >= 0.3 is 0 Å². The van der Waals surface area contributed by atoms with E-state index in [0.29, 0.717) is 25.2 Å². The first kappa shape index (κ1) is 19.6. The summed E-state index contributed by atoms with van der Waals surface area (Å²) < 4.78 is 6.07. The van der Waals surface area contributed by atoms with Gasteiger partial charge in [0.05, 0.1) is 0 Å². The second-order valence-electron chi connectivity index (χ2n) is 7.65. The van der Waals surface area contributed by atoms with Crippen molar-refractivity contribution in [3.8, 4) is 5.75 Å². The minimum absolute atomic E-state index is 0.0603. The van der Waals surface area contributed by atoms with Crippen molar-refractivity contribution in [2.24, 2.45) is 0 Å². The molecule has 0 atom stereocenters. The lowest BCUT2D eigenvalue weighted by atomic mass is 9.75. The Balaban J connectivity index is 1.80. The van der Waals surface area contributed by atoms with Crippen molar-refractivity contribution in [3.05, 3.63) is 65.7 Å². The quantitative estimate of drug-likeness (QED) is 0.633. The minimum Gasteiger partial charge on any atom is -0.489 e. The Morgan fingerprint density at radius 3 is 2.48 bits per heavy atom. The van der Waals surface area contributed by atoms with Crippen LogP contribution in [0.3, 0.4) is 0 Å². The van der Waals surface area contributed by atoms with Gasteiger partial charge in [0.2, 0.25) is 0 Å². The van der Waals surface area contributed by atoms with Gasteiger partial charge in [0.15, 0.2) is 0 Å². The third kappa shape index (κ3) is 4.78. The van der Waals surface area contributed by atoms with Crippen molar-refractivity contribution in [1.82, 2.24) is 4.90 Å². The Bertz CT molecular complexity index is 731. The summed E-state index contributed by atoms with van der Waals surface area (Å²) in [6.07, 6.45) is 5.50. The van der Waals surface area contributed by atoms with Gasteiger partial charge in [0.1, 0.15) is 18.1 Å². The summed E-state index contributed by atoms with van der Waals surface area (Å²) in [5.41, 5.74) is 2.38. The molecule has 0 heterocycles. The summed E-state index contributed by atoms with van der Waals surface area (Å²) in [5, 5.41) is 0. The van der Waals surface area contributed by atoms with E-state index in [1.165, 1.54) is 24.0 Å². The van der Waals surface area contributed by atoms with Crippen LogP contribution in [0.1, 0.15) is 56.6 Å². The highest BCUT2D eigenvalue weighted by atomic mass is 16.5. The van der Waals surface area contributed by atoms with Crippen molar-refractivity contribution >= 4 is 5.78 Å². The summed E-state index contributed by atoms with van der Waals surface area (Å²) in [6.45, 7) is 3.85. The molecule has 0 saturated heterocycles. The van der Waals surface area contributed by atoms with Gasteiger partial charge in [-0.3, -0.25) is 9.69 Å². The molecule has 0 unspecified atom stereocenters. The van der Waals surface area contributed by atoms with Crippen molar-refractivity contribution < 1.29 is 9.53 Å². The molecule has 0 aromatic heterocycles. The molecule has 1 fully saturated rings. The maximum Gasteiger partial charge on any atom is 0.133 e. The average molecular weight is 366 g/mol. The number of nitrogens with zero attached hydrogens (tertiary/aromatic N) is 1. The molecule has 0 radical (unpaired) electrons. The van der Waals surface area contributed by atoms with Gasteiger partial charge in [0.25, 0.3) is 0 Å². The van der Waals surface area contributed by atoms with Gasteiger partial charge in [-0.05, 0) is 56.1 Å². The van der Waals surface area contributed by atoms with E-state index in [4.69, 9.17) is 4.74 Å². The molecule has 0 N–H and O–H groups in total. The molecular formula is C24H31NO2. The molecule has 0 amide bonds. The van der Waals surface area contributed by atoms with E-state index in [-0.39, 0.29) is 5.54 Å². The van der Waals surface area contributed by atoms with Gasteiger partial charge in [0, 0.05) is 18.4 Å². The predicted molar refractivity (Wildman–Crippen MR) is 110 cm³/mol. The van der Waals surface area contributed by atoms with E-state index in [1.807, 2.05) is 24.3 Å². The van der Waals surface area contributed by atoms with Crippen LogP contribution in [0.2, 0.25) is 0 Å². The van der Waals surface area contributed by atoms with Crippen LogP contribution in [0.4, 0.5) is 0 Å². The maximum atomic E-state index is 11.9. The van der Waals surface area contributed by atoms with Gasteiger partial charge in [-0.2, -0.15) is 0 Å². The van der Waals surface area contributed by atoms with Crippen molar-refractivity contribution in [2.45, 2.75) is 57.6 Å². The second kappa shape index (κ2) is 9.18. The number of rotatable bonds is 8. The zero-order chi connectivity index (χ0) is 19.1. The van der Waals surface area contributed by atoms with E-state index in [2.05, 4.69) is 49.2 Å². The van der Waals surface area contributed by atoms with Crippen LogP contribution in [0.25, 0.3) is 0 Å². The standard InChI is InChI=1S/C24H31NO2/c1-3-4-17-25(2)24(15-13-22(26)14-16-24)21-11-8-12-23(18-21)27-19-20-9-6-5-7-10-20/h5-12,18H,3-4,13-17,19H2,1-2H3. The van der Waals surface area contributed by atoms with Crippen LogP contribution in [-0.4, -0.2) is 24.3 Å². The third-order valence-corrected chi connectivity index (χ3v) is 5.83. The van der Waals surface area contributed by atoms with E-state index in [9.17, 15) is 4.79 Å². The number of ketones is 1. The predicted octanol–water partition coefficient (Wildman–Crippen LogP) is 5.34. The third-order valence-electron chi connectivity index (χ3n) is 5.83. The number of carbonyl (C=O) groups is 1. The molecular weight excluding hydrogens is 334 g/mol. The van der Waals surface area contributed by atoms with Crippen LogP contribution in [0, 0.1) is 0 Å². The Morgan fingerprint density at radius 2 is 1.78 bits per heavy atom. The largest absolute Gasteiger partial charge is 0.489 e. The lowest BCUT2D eigenvalue weighted by molar-refractivity contribution is -0.123. The number of Topliss-reactive ketones (excluding diaryl/α,β-unsaturated/α-hetero) is 1. The molecule has 3 heteroatoms. The number of ether oxygens (including phenoxy) is 1. The summed E-state index contributed by atoms with van der Waals surface area (Å²) in [4.78, 5) is 14.4. The summed E-state index contributed by atoms with van der Waals surface area (Å²) >= 11 is 0. The van der Waals surface area contributed by atoms with Gasteiger partial charge in [-0.25, -0.2) is 0 Å². The molecule has 0 aliphatic heterocycles. The molecule has 3 nitrogen and oxygen atoms in total. The first-order valence-electron chi connectivity index (χ1n) is 10.1. The van der Waals surface area contributed by atoms with Crippen molar-refractivity contribution in [3.63, 3.8) is 0 Å². The maximum absolute atomic E-state index is 11.9. The van der Waals surface area contributed by atoms with Crippen molar-refractivity contribution in [2.75, 3.05) is 13.6 Å². The van der Waals surface area contributed by atoms with Gasteiger partial charge in [-0.1, -0.05) is 55.8 Å². The number of benzene rings is 2. The van der Waals surface area contributed by atoms with Crippen LogP contribution >= 0.6 is 0 Å². The highest BCUT2D eigenvalue weighted by Crippen LogP contribution is 2.41. The van der Waals surface area contributed by atoms with Crippen LogP contribution < -0.4 is 4.74 Å². The fourth-order valence-electron chi connectivity index (χ4n) is 4.06. The molecule has 1 aliphatic rings. The summed E-state index contributed by atoms with van der Waals surface area (Å²) in [6, 6.07) is 18.7. The molecule has 0 bridgehead atoms. The monoisotopic (exact) mass is 365 g/mol. The highest BCUT2D eigenvalue weighted by molar-refractivity contribution is 5.79. The molecule has 1 aliphatic carbocycles. The first-order valence-corrected chi connectivity index (χ1v) is 10.1. The minimum atomic E-state index is -0.0603. The van der Waals surface area contributed by atoms with E-state index >= 15 is 0 Å². The molecule has 1 saturated carbocycles. The molecule has 2 aromatic carbocycles. The second-order valence-corrected chi connectivity index (χ2v) is 7.65. The van der Waals surface area contributed by atoms with Crippen LogP contribution in [-0.2, 0) is 16.9 Å². The van der Waals surface area contributed by atoms with Crippen molar-refractivity contribution in [1.29, 1.82) is 0 Å². The Morgan fingerprint density at radius 1 is 1.04 bits per heavy atom. The fourth-order valence-corrected chi connectivity index (χ4v) is 4.06. The molecule has 0 spiro atoms. The topological polar surface area (TPSA) is 29.5 Å². The zero-order valence-corrected chi connectivity index (χ0v) is 16.6. The molecule has 2 aromatic rings. The SMILES string of the molecule is CCCCN(C)C1(c2cccc(OCc3ccccc3)c2)CCC(=O)CC1. The van der Waals surface area contributed by atoms with E-state index in [1.54, 1.807) is 0 Å². The zero-order valence-electron chi connectivity index (χ0n) is 16.6. The van der Waals surface area contributed by atoms with E-state index in [0.717, 1.165) is 25.1 Å². The lowest BCUT2D eigenvalue weighted by Gasteiger charge is -2.45. The average Bonchev–Trinajstić information content (AvgIpc) is 2.72. The number of unbranched alkanes of at least 4 members (excludes halogenated alkanes) is 1. The van der Waals surface area contributed by atoms with E-state index < -0.39 is 0 Å². The smallest absolute Gasteiger partial charge is 0.133 e. The fraction of sp³-hybridized carbons (Fsp3) is 0.458. The summed E-state index contributed by atoms with van der Waals surface area (Å²) in [5.74, 6) is 1.29. The van der Waals surface area contributed by atoms with Crippen LogP contribution in [0.15, 0.2) is 54.6 Å². The Kier molecular flexibility index (Phi) is 6.68. The Hall–Kier alpha value is -2.13. The highest BCUT2D eigenvalue weighted by Gasteiger charge is 2.39. The number of hydrogen-bond acceptors (Lipinski definition) is 3. The first-order chi connectivity index (χ1) is 13.1. The van der Waals surface area contributed by atoms with Gasteiger partial charge < -0.3 is 4.74 Å². The molecule has 144 valence electrons. The summed E-state index contributed by atoms with van der Waals surface area (Å²) in [7, 11) is 2.21. The molecule has 27 heavy (non-hydrogen) atoms. The number of hydrogen-bond donors (Lipinski definition) is 0. The molecule has 3 rings (SSSR count). The normalized spacial score (nSPS) is 16.5. The number of carbonyl (C=O) groups excluding carboxylic acids is 1.